The Bertz CT molecular complexity index is 731. The molecule has 0 bridgehead atoms. The van der Waals surface area contributed by atoms with Crippen molar-refractivity contribution in [1.29, 1.82) is 0 Å². The van der Waals surface area contributed by atoms with Crippen LogP contribution in [0.2, 0.25) is 0 Å². The van der Waals surface area contributed by atoms with Gasteiger partial charge in [0.25, 0.3) is 5.91 Å². The predicted octanol–water partition coefficient (Wildman–Crippen LogP) is 2.88. The number of carbonyl (C=O) groups is 1. The van der Waals surface area contributed by atoms with Crippen LogP contribution < -0.4 is 11.1 Å². The number of nitrogens with one attached hydrogen (secondary N) is 1. The monoisotopic (exact) mass is 289 g/mol. The van der Waals surface area contributed by atoms with Crippen molar-refractivity contribution < 1.29 is 14.1 Å². The zero-order valence-electron chi connectivity index (χ0n) is 11.1. The number of nitrogens with two attached hydrogens (primary N) is 1. The van der Waals surface area contributed by atoms with Crippen LogP contribution in [0.25, 0.3) is 0 Å². The first-order valence-corrected chi connectivity index (χ1v) is 6.00. The molecule has 0 unspecified atom stereocenters. The van der Waals surface area contributed by atoms with Crippen molar-refractivity contribution in [3.8, 4) is 0 Å². The molecule has 108 valence electrons. The number of carbonyl (C=O) groups excluding carboxylic acids is 1. The molecule has 0 atom stereocenters. The third-order valence-electron chi connectivity index (χ3n) is 2.93. The van der Waals surface area contributed by atoms with E-state index in [0.717, 1.165) is 17.7 Å². The number of aryl methyl sites for hydroxylation is 1. The molecule has 0 aromatic heterocycles. The summed E-state index contributed by atoms with van der Waals surface area (Å²) in [6.45, 7) is 1.76. The van der Waals surface area contributed by atoms with Gasteiger partial charge in [0.05, 0.1) is 4.92 Å². The number of halogens is 1. The summed E-state index contributed by atoms with van der Waals surface area (Å²) in [4.78, 5) is 21.7. The number of amides is 1. The highest BCUT2D eigenvalue weighted by Gasteiger charge is 2.15. The van der Waals surface area contributed by atoms with E-state index in [1.54, 1.807) is 25.1 Å². The molecule has 0 spiro atoms. The van der Waals surface area contributed by atoms with Crippen LogP contribution in [0.1, 0.15) is 15.9 Å². The Kier molecular flexibility index (Phi) is 3.84. The van der Waals surface area contributed by atoms with Crippen molar-refractivity contribution in [3.63, 3.8) is 0 Å². The second-order valence-corrected chi connectivity index (χ2v) is 4.45. The smallest absolute Gasteiger partial charge is 0.304 e. The molecule has 1 amide bonds. The molecular formula is C14H12FN3O3. The molecule has 0 aliphatic heterocycles. The third kappa shape index (κ3) is 3.14. The van der Waals surface area contributed by atoms with E-state index >= 15 is 0 Å². The summed E-state index contributed by atoms with van der Waals surface area (Å²) in [6, 6.07) is 7.91. The number of nitro benzene ring substituents is 1. The second kappa shape index (κ2) is 5.58. The fourth-order valence-corrected chi connectivity index (χ4v) is 1.75. The Balaban J connectivity index is 2.21. The molecular weight excluding hydrogens is 277 g/mol. The molecule has 2 rings (SSSR count). The summed E-state index contributed by atoms with van der Waals surface area (Å²) < 4.78 is 13.5. The lowest BCUT2D eigenvalue weighted by atomic mass is 10.1. The first-order valence-electron chi connectivity index (χ1n) is 6.00. The summed E-state index contributed by atoms with van der Waals surface area (Å²) in [5, 5.41) is 13.0. The van der Waals surface area contributed by atoms with Crippen LogP contribution in [0.15, 0.2) is 36.4 Å². The summed E-state index contributed by atoms with van der Waals surface area (Å²) in [5.74, 6) is -1.46. The number of benzene rings is 2. The zero-order chi connectivity index (χ0) is 15.6. The fourth-order valence-electron chi connectivity index (χ4n) is 1.75. The number of hydrogen-bond donors (Lipinski definition) is 2. The molecule has 21 heavy (non-hydrogen) atoms. The quantitative estimate of drug-likeness (QED) is 0.515. The first-order chi connectivity index (χ1) is 9.88. The van der Waals surface area contributed by atoms with Gasteiger partial charge in [0, 0.05) is 29.1 Å². The summed E-state index contributed by atoms with van der Waals surface area (Å²) in [5.41, 5.74) is 6.83. The van der Waals surface area contributed by atoms with Gasteiger partial charge in [0.15, 0.2) is 0 Å². The van der Waals surface area contributed by atoms with Crippen molar-refractivity contribution in [1.82, 2.24) is 0 Å². The average molecular weight is 289 g/mol. The van der Waals surface area contributed by atoms with Gasteiger partial charge in [-0.2, -0.15) is 4.39 Å². The number of hydrogen-bond acceptors (Lipinski definition) is 4. The maximum Gasteiger partial charge on any atom is 0.304 e. The van der Waals surface area contributed by atoms with Crippen molar-refractivity contribution >= 4 is 23.0 Å². The maximum atomic E-state index is 13.5. The highest BCUT2D eigenvalue weighted by molar-refractivity contribution is 6.04. The molecule has 0 radical (unpaired) electrons. The van der Waals surface area contributed by atoms with E-state index in [-0.39, 0.29) is 5.69 Å². The summed E-state index contributed by atoms with van der Waals surface area (Å²) in [6.07, 6.45) is 0. The molecule has 7 heteroatoms. The SMILES string of the molecule is Cc1cc(C(=O)Nc2ccc([N+](=O)[O-])c(F)c2)ccc1N. The normalized spacial score (nSPS) is 10.2. The largest absolute Gasteiger partial charge is 0.399 e. The van der Waals surface area contributed by atoms with E-state index in [1.807, 2.05) is 0 Å². The van der Waals surface area contributed by atoms with E-state index in [1.165, 1.54) is 6.07 Å². The van der Waals surface area contributed by atoms with Crippen molar-refractivity contribution in [3.05, 3.63) is 63.5 Å². The first kappa shape index (κ1) is 14.4. The molecule has 6 nitrogen and oxygen atoms in total. The van der Waals surface area contributed by atoms with Crippen LogP contribution in [0, 0.1) is 22.9 Å². The van der Waals surface area contributed by atoms with Gasteiger partial charge in [-0.15, -0.1) is 0 Å². The van der Waals surface area contributed by atoms with E-state index in [9.17, 15) is 19.3 Å². The van der Waals surface area contributed by atoms with Gasteiger partial charge in [0.1, 0.15) is 0 Å². The predicted molar refractivity (Wildman–Crippen MR) is 76.6 cm³/mol. The minimum atomic E-state index is -1.01. The van der Waals surface area contributed by atoms with Crippen LogP contribution in [-0.4, -0.2) is 10.8 Å². The van der Waals surface area contributed by atoms with Gasteiger partial charge in [-0.1, -0.05) is 0 Å². The summed E-state index contributed by atoms with van der Waals surface area (Å²) >= 11 is 0. The van der Waals surface area contributed by atoms with Gasteiger partial charge in [-0.3, -0.25) is 14.9 Å². The molecule has 0 aliphatic carbocycles. The number of anilines is 2. The number of nitrogen functional groups attached to an aromatic ring is 1. The average Bonchev–Trinajstić information content (AvgIpc) is 2.41. The minimum Gasteiger partial charge on any atom is -0.399 e. The lowest BCUT2D eigenvalue weighted by molar-refractivity contribution is -0.387. The maximum absolute atomic E-state index is 13.5. The Hall–Kier alpha value is -2.96. The van der Waals surface area contributed by atoms with E-state index in [0.29, 0.717) is 11.3 Å². The number of rotatable bonds is 3. The Labute approximate surface area is 119 Å². The molecule has 3 N–H and O–H groups in total. The molecule has 0 saturated carbocycles. The molecule has 0 saturated heterocycles. The standard InChI is InChI=1S/C14H12FN3O3/c1-8-6-9(2-4-12(8)16)14(19)17-10-3-5-13(18(20)21)11(15)7-10/h2-7H,16H2,1H3,(H,17,19). The fraction of sp³-hybridized carbons (Fsp3) is 0.0714. The van der Waals surface area contributed by atoms with Crippen LogP contribution in [-0.2, 0) is 0 Å². The van der Waals surface area contributed by atoms with Gasteiger partial charge >= 0.3 is 5.69 Å². The minimum absolute atomic E-state index is 0.137. The number of nitrogens with zero attached hydrogens (tertiary/aromatic N) is 1. The van der Waals surface area contributed by atoms with Crippen molar-refractivity contribution in [2.75, 3.05) is 11.1 Å². The van der Waals surface area contributed by atoms with Crippen molar-refractivity contribution in [2.24, 2.45) is 0 Å². The lowest BCUT2D eigenvalue weighted by Gasteiger charge is -2.07. The second-order valence-electron chi connectivity index (χ2n) is 4.45. The van der Waals surface area contributed by atoms with Gasteiger partial charge < -0.3 is 11.1 Å². The van der Waals surface area contributed by atoms with Crippen LogP contribution >= 0.6 is 0 Å². The van der Waals surface area contributed by atoms with Crippen LogP contribution in [0.4, 0.5) is 21.5 Å². The van der Waals surface area contributed by atoms with Crippen LogP contribution in [0.3, 0.4) is 0 Å². The van der Waals surface area contributed by atoms with Crippen LogP contribution in [0.5, 0.6) is 0 Å². The highest BCUT2D eigenvalue weighted by Crippen LogP contribution is 2.21. The van der Waals surface area contributed by atoms with Gasteiger partial charge in [0.2, 0.25) is 5.82 Å². The van der Waals surface area contributed by atoms with E-state index in [4.69, 9.17) is 5.73 Å². The molecule has 0 heterocycles. The van der Waals surface area contributed by atoms with E-state index in [2.05, 4.69) is 5.32 Å². The molecule has 0 fully saturated rings. The summed E-state index contributed by atoms with van der Waals surface area (Å²) in [7, 11) is 0. The Morgan fingerprint density at radius 2 is 2.00 bits per heavy atom. The third-order valence-corrected chi connectivity index (χ3v) is 2.93. The topological polar surface area (TPSA) is 98.3 Å². The van der Waals surface area contributed by atoms with Gasteiger partial charge in [-0.25, -0.2) is 0 Å². The van der Waals surface area contributed by atoms with E-state index < -0.39 is 22.3 Å². The highest BCUT2D eigenvalue weighted by atomic mass is 19.1. The van der Waals surface area contributed by atoms with Crippen molar-refractivity contribution in [2.45, 2.75) is 6.92 Å². The van der Waals surface area contributed by atoms with Gasteiger partial charge in [-0.05, 0) is 36.8 Å². The number of nitro groups is 1. The Morgan fingerprint density at radius 1 is 1.29 bits per heavy atom. The molecule has 2 aromatic carbocycles. The zero-order valence-corrected chi connectivity index (χ0v) is 11.1. The Morgan fingerprint density at radius 3 is 2.57 bits per heavy atom. The lowest BCUT2D eigenvalue weighted by Crippen LogP contribution is -2.12. The molecule has 2 aromatic rings. The molecule has 0 aliphatic rings.